The van der Waals surface area contributed by atoms with Crippen LogP contribution in [0, 0.1) is 0 Å². The third-order valence-corrected chi connectivity index (χ3v) is 4.40. The third kappa shape index (κ3) is 6.93. The highest BCUT2D eigenvalue weighted by Gasteiger charge is 2.30. The first kappa shape index (κ1) is 17.3. The van der Waals surface area contributed by atoms with Crippen LogP contribution in [0.1, 0.15) is 40.5 Å². The largest absolute Gasteiger partial charge is 0.509 e. The second-order valence-corrected chi connectivity index (χ2v) is 6.09. The van der Waals surface area contributed by atoms with E-state index in [-0.39, 0.29) is 11.9 Å². The van der Waals surface area contributed by atoms with Crippen molar-refractivity contribution in [3.63, 3.8) is 0 Å². The summed E-state index contributed by atoms with van der Waals surface area (Å²) in [7, 11) is -1.47. The number of carbonyl (C=O) groups excluding carboxylic acids is 1. The van der Waals surface area contributed by atoms with Crippen molar-refractivity contribution in [3.05, 3.63) is 12.2 Å². The summed E-state index contributed by atoms with van der Waals surface area (Å²) in [6.45, 7) is 12.3. The van der Waals surface area contributed by atoms with E-state index < -0.39 is 9.04 Å². The molecule has 0 aromatic heterocycles. The maximum Gasteiger partial charge on any atom is 0.346 e. The maximum atomic E-state index is 11.6. The molecule has 4 nitrogen and oxygen atoms in total. The lowest BCUT2D eigenvalue weighted by Crippen LogP contribution is -2.40. The van der Waals surface area contributed by atoms with Crippen molar-refractivity contribution in [3.8, 4) is 0 Å². The van der Waals surface area contributed by atoms with Gasteiger partial charge in [-0.2, -0.15) is 0 Å². The van der Waals surface area contributed by atoms with E-state index in [1.165, 1.54) is 0 Å². The SMILES string of the molecule is C=C(C)C(=O)O[Si](CCCC)C(OCC)OCC. The molecule has 0 atom stereocenters. The van der Waals surface area contributed by atoms with E-state index in [0.717, 1.165) is 18.9 Å². The van der Waals surface area contributed by atoms with Crippen LogP contribution in [0.3, 0.4) is 0 Å². The van der Waals surface area contributed by atoms with Gasteiger partial charge < -0.3 is 13.9 Å². The fourth-order valence-electron chi connectivity index (χ4n) is 1.31. The Labute approximate surface area is 112 Å². The highest BCUT2D eigenvalue weighted by atomic mass is 28.3. The highest BCUT2D eigenvalue weighted by molar-refractivity contribution is 6.55. The molecular weight excluding hydrogens is 248 g/mol. The highest BCUT2D eigenvalue weighted by Crippen LogP contribution is 2.13. The molecule has 0 amide bonds. The summed E-state index contributed by atoms with van der Waals surface area (Å²) in [6.07, 6.45) is 2.07. The van der Waals surface area contributed by atoms with Gasteiger partial charge in [0.25, 0.3) is 0 Å². The van der Waals surface area contributed by atoms with E-state index in [1.54, 1.807) is 6.92 Å². The van der Waals surface area contributed by atoms with Crippen molar-refractivity contribution in [2.24, 2.45) is 0 Å². The lowest BCUT2D eigenvalue weighted by Gasteiger charge is -2.24. The predicted molar refractivity (Wildman–Crippen MR) is 73.4 cm³/mol. The van der Waals surface area contributed by atoms with Crippen molar-refractivity contribution in [1.82, 2.24) is 0 Å². The summed E-state index contributed by atoms with van der Waals surface area (Å²) in [4.78, 5) is 11.6. The topological polar surface area (TPSA) is 44.8 Å². The average molecular weight is 273 g/mol. The second kappa shape index (κ2) is 10.3. The molecule has 0 spiro atoms. The molecule has 5 heteroatoms. The first-order valence-electron chi connectivity index (χ1n) is 6.53. The molecule has 0 aromatic carbocycles. The number of carbonyl (C=O) groups is 1. The molecule has 0 aliphatic carbocycles. The van der Waals surface area contributed by atoms with Crippen molar-refractivity contribution in [2.75, 3.05) is 13.2 Å². The molecule has 0 saturated carbocycles. The van der Waals surface area contributed by atoms with Crippen LogP contribution in [0.25, 0.3) is 0 Å². The first-order chi connectivity index (χ1) is 8.56. The Bertz CT molecular complexity index is 249. The van der Waals surface area contributed by atoms with Crippen molar-refractivity contribution in [1.29, 1.82) is 0 Å². The Morgan fingerprint density at radius 1 is 1.22 bits per heavy atom. The standard InChI is InChI=1S/C13H25O4Si/c1-6-9-10-18(17-12(14)11(4)5)13(15-7-2)16-8-3/h13H,4,6-10H2,1-3,5H3. The quantitative estimate of drug-likeness (QED) is 0.349. The number of hydrogen-bond donors (Lipinski definition) is 0. The molecule has 0 unspecified atom stereocenters. The van der Waals surface area contributed by atoms with Gasteiger partial charge in [-0.05, 0) is 26.8 Å². The molecule has 18 heavy (non-hydrogen) atoms. The summed E-state index contributed by atoms with van der Waals surface area (Å²) in [5.41, 5.74) is 0.417. The van der Waals surface area contributed by atoms with E-state index in [2.05, 4.69) is 13.5 Å². The van der Waals surface area contributed by atoms with E-state index in [1.807, 2.05) is 13.8 Å². The van der Waals surface area contributed by atoms with Crippen LogP contribution in [0.15, 0.2) is 12.2 Å². The number of ether oxygens (including phenoxy) is 2. The smallest absolute Gasteiger partial charge is 0.346 e. The van der Waals surface area contributed by atoms with Gasteiger partial charge in [0.15, 0.2) is 5.91 Å². The van der Waals surface area contributed by atoms with Gasteiger partial charge in [-0.1, -0.05) is 26.3 Å². The Kier molecular flexibility index (Phi) is 9.91. The minimum absolute atomic E-state index is 0.343. The minimum atomic E-state index is -1.47. The van der Waals surface area contributed by atoms with Gasteiger partial charge in [-0.3, -0.25) is 0 Å². The van der Waals surface area contributed by atoms with E-state index >= 15 is 0 Å². The van der Waals surface area contributed by atoms with Crippen LogP contribution < -0.4 is 0 Å². The molecule has 0 aromatic rings. The zero-order valence-electron chi connectivity index (χ0n) is 12.0. The van der Waals surface area contributed by atoms with Gasteiger partial charge in [-0.15, -0.1) is 0 Å². The van der Waals surface area contributed by atoms with Crippen LogP contribution in [0.5, 0.6) is 0 Å². The fraction of sp³-hybridized carbons (Fsp3) is 0.769. The summed E-state index contributed by atoms with van der Waals surface area (Å²) < 4.78 is 16.6. The Hall–Kier alpha value is -0.653. The van der Waals surface area contributed by atoms with Gasteiger partial charge in [0, 0.05) is 18.8 Å². The molecule has 0 bridgehead atoms. The molecule has 0 aliphatic heterocycles. The molecular formula is C13H25O4Si. The van der Waals surface area contributed by atoms with E-state index in [0.29, 0.717) is 18.8 Å². The normalized spacial score (nSPS) is 11.0. The molecule has 0 heterocycles. The third-order valence-electron chi connectivity index (χ3n) is 2.25. The zero-order valence-corrected chi connectivity index (χ0v) is 13.0. The molecule has 0 fully saturated rings. The second-order valence-electron chi connectivity index (χ2n) is 3.98. The molecule has 105 valence electrons. The van der Waals surface area contributed by atoms with Gasteiger partial charge in [0.2, 0.25) is 0 Å². The summed E-state index contributed by atoms with van der Waals surface area (Å²) in [5, 5.41) is 0. The summed E-state index contributed by atoms with van der Waals surface area (Å²) in [6, 6.07) is 0.838. The van der Waals surface area contributed by atoms with Crippen LogP contribution in [0.4, 0.5) is 0 Å². The Morgan fingerprint density at radius 2 is 1.78 bits per heavy atom. The van der Waals surface area contributed by atoms with Crippen molar-refractivity contribution < 1.29 is 18.7 Å². The molecule has 0 aliphatic rings. The Morgan fingerprint density at radius 3 is 2.17 bits per heavy atom. The maximum absolute atomic E-state index is 11.6. The van der Waals surface area contributed by atoms with Gasteiger partial charge >= 0.3 is 15.0 Å². The van der Waals surface area contributed by atoms with Crippen LogP contribution in [-0.4, -0.2) is 34.1 Å². The predicted octanol–water partition coefficient (Wildman–Crippen LogP) is 2.84. The first-order valence-corrected chi connectivity index (χ1v) is 8.22. The monoisotopic (exact) mass is 273 g/mol. The van der Waals surface area contributed by atoms with Crippen LogP contribution >= 0.6 is 0 Å². The number of rotatable bonds is 10. The summed E-state index contributed by atoms with van der Waals surface area (Å²) in [5.74, 6) is -0.732. The van der Waals surface area contributed by atoms with Gasteiger partial charge in [0.1, 0.15) is 0 Å². The number of unbranched alkanes of at least 4 members (excludes halogenated alkanes) is 1. The van der Waals surface area contributed by atoms with Crippen molar-refractivity contribution >= 4 is 15.0 Å². The van der Waals surface area contributed by atoms with E-state index in [9.17, 15) is 4.79 Å². The van der Waals surface area contributed by atoms with E-state index in [4.69, 9.17) is 13.9 Å². The van der Waals surface area contributed by atoms with Gasteiger partial charge in [-0.25, -0.2) is 4.79 Å². The van der Waals surface area contributed by atoms with Gasteiger partial charge in [0.05, 0.1) is 0 Å². The fourth-order valence-corrected chi connectivity index (χ4v) is 3.56. The lowest BCUT2D eigenvalue weighted by molar-refractivity contribution is -0.134. The van der Waals surface area contributed by atoms with Crippen molar-refractivity contribution in [2.45, 2.75) is 52.5 Å². The zero-order chi connectivity index (χ0) is 14.0. The van der Waals surface area contributed by atoms with Crippen LogP contribution in [-0.2, 0) is 18.7 Å². The molecule has 0 N–H and O–H groups in total. The molecule has 0 rings (SSSR count). The summed E-state index contributed by atoms with van der Waals surface area (Å²) >= 11 is 0. The average Bonchev–Trinajstić information content (AvgIpc) is 2.33. The molecule has 0 saturated heterocycles. The van der Waals surface area contributed by atoms with Crippen LogP contribution in [0.2, 0.25) is 6.04 Å². The Balaban J connectivity index is 4.58. The minimum Gasteiger partial charge on any atom is -0.509 e. The number of hydrogen-bond acceptors (Lipinski definition) is 4. The lowest BCUT2D eigenvalue weighted by atomic mass is 10.4. The molecule has 1 radical (unpaired) electrons.